The summed E-state index contributed by atoms with van der Waals surface area (Å²) in [7, 11) is 1.96. The highest BCUT2D eigenvalue weighted by molar-refractivity contribution is 5.89. The maximum Gasteiger partial charge on any atom is 0.233 e. The van der Waals surface area contributed by atoms with Crippen LogP contribution in [0, 0.1) is 11.7 Å². The molecule has 23 heavy (non-hydrogen) atoms. The van der Waals surface area contributed by atoms with E-state index in [4.69, 9.17) is 0 Å². The summed E-state index contributed by atoms with van der Waals surface area (Å²) >= 11 is 0. The number of likely N-dealkylation sites (tertiary alicyclic amines) is 1. The standard InChI is InChI=1S/C18H25FN2O.ClH/c1-20-12-14-5-3-10-21(13-14)17(22)18(8-4-9-18)15-6-2-7-16(19)11-15;/h2,6-7,11,14,20H,3-5,8-10,12-13H2,1H3;1H. The first-order valence-corrected chi connectivity index (χ1v) is 8.36. The van der Waals surface area contributed by atoms with Crippen molar-refractivity contribution in [3.8, 4) is 0 Å². The lowest BCUT2D eigenvalue weighted by molar-refractivity contribution is -0.142. The summed E-state index contributed by atoms with van der Waals surface area (Å²) < 4.78 is 13.6. The summed E-state index contributed by atoms with van der Waals surface area (Å²) in [4.78, 5) is 15.2. The Labute approximate surface area is 144 Å². The Balaban J connectivity index is 0.00000192. The molecule has 1 atom stereocenters. The second-order valence-electron chi connectivity index (χ2n) is 6.76. The van der Waals surface area contributed by atoms with Crippen molar-refractivity contribution in [1.29, 1.82) is 0 Å². The van der Waals surface area contributed by atoms with Crippen molar-refractivity contribution in [2.24, 2.45) is 5.92 Å². The van der Waals surface area contributed by atoms with E-state index in [0.29, 0.717) is 5.92 Å². The number of piperidine rings is 1. The van der Waals surface area contributed by atoms with Crippen molar-refractivity contribution in [1.82, 2.24) is 10.2 Å². The van der Waals surface area contributed by atoms with Crippen LogP contribution in [0.2, 0.25) is 0 Å². The van der Waals surface area contributed by atoms with Gasteiger partial charge in [0.05, 0.1) is 5.41 Å². The Kier molecular flexibility index (Phi) is 6.04. The molecule has 1 heterocycles. The maximum atomic E-state index is 13.6. The number of hydrogen-bond donors (Lipinski definition) is 1. The van der Waals surface area contributed by atoms with Crippen molar-refractivity contribution < 1.29 is 9.18 Å². The molecule has 2 fully saturated rings. The molecule has 5 heteroatoms. The minimum absolute atomic E-state index is 0. The van der Waals surface area contributed by atoms with E-state index in [-0.39, 0.29) is 24.1 Å². The van der Waals surface area contributed by atoms with Crippen molar-refractivity contribution >= 4 is 18.3 Å². The van der Waals surface area contributed by atoms with E-state index in [1.54, 1.807) is 12.1 Å². The fraction of sp³-hybridized carbons (Fsp3) is 0.611. The molecule has 0 bridgehead atoms. The van der Waals surface area contributed by atoms with E-state index in [1.165, 1.54) is 12.5 Å². The van der Waals surface area contributed by atoms with Crippen LogP contribution in [-0.4, -0.2) is 37.5 Å². The summed E-state index contributed by atoms with van der Waals surface area (Å²) in [6.07, 6.45) is 5.00. The molecular formula is C18H26ClFN2O. The third kappa shape index (κ3) is 3.53. The number of benzene rings is 1. The van der Waals surface area contributed by atoms with Crippen LogP contribution in [0.15, 0.2) is 24.3 Å². The molecule has 3 rings (SSSR count). The number of rotatable bonds is 4. The Morgan fingerprint density at radius 1 is 1.39 bits per heavy atom. The van der Waals surface area contributed by atoms with Gasteiger partial charge in [-0.3, -0.25) is 4.79 Å². The van der Waals surface area contributed by atoms with Gasteiger partial charge in [0.25, 0.3) is 0 Å². The van der Waals surface area contributed by atoms with Gasteiger partial charge in [0.2, 0.25) is 5.91 Å². The summed E-state index contributed by atoms with van der Waals surface area (Å²) in [6.45, 7) is 2.63. The van der Waals surface area contributed by atoms with Crippen LogP contribution in [0.25, 0.3) is 0 Å². The number of carbonyl (C=O) groups excluding carboxylic acids is 1. The number of hydrogen-bond acceptors (Lipinski definition) is 2. The molecule has 1 N–H and O–H groups in total. The lowest BCUT2D eigenvalue weighted by Crippen LogP contribution is -2.54. The fourth-order valence-corrected chi connectivity index (χ4v) is 3.95. The molecule has 2 aliphatic rings. The van der Waals surface area contributed by atoms with Gasteiger partial charge in [-0.2, -0.15) is 0 Å². The van der Waals surface area contributed by atoms with Gasteiger partial charge in [-0.05, 0) is 62.9 Å². The number of nitrogens with one attached hydrogen (secondary N) is 1. The van der Waals surface area contributed by atoms with E-state index in [1.807, 2.05) is 18.0 Å². The Morgan fingerprint density at radius 2 is 2.17 bits per heavy atom. The van der Waals surface area contributed by atoms with Crippen LogP contribution in [-0.2, 0) is 10.2 Å². The van der Waals surface area contributed by atoms with Gasteiger partial charge in [0.1, 0.15) is 5.82 Å². The fourth-order valence-electron chi connectivity index (χ4n) is 3.95. The van der Waals surface area contributed by atoms with Crippen LogP contribution in [0.5, 0.6) is 0 Å². The summed E-state index contributed by atoms with van der Waals surface area (Å²) in [5, 5.41) is 3.22. The number of nitrogens with zero attached hydrogens (tertiary/aromatic N) is 1. The van der Waals surface area contributed by atoms with E-state index >= 15 is 0 Å². The third-order valence-electron chi connectivity index (χ3n) is 5.29. The molecule has 3 nitrogen and oxygen atoms in total. The molecule has 1 saturated carbocycles. The zero-order valence-electron chi connectivity index (χ0n) is 13.7. The average molecular weight is 341 g/mol. The molecule has 1 amide bonds. The van der Waals surface area contributed by atoms with Gasteiger partial charge < -0.3 is 10.2 Å². The molecule has 128 valence electrons. The highest BCUT2D eigenvalue weighted by atomic mass is 35.5. The Hall–Kier alpha value is -1.13. The molecule has 0 spiro atoms. The van der Waals surface area contributed by atoms with Crippen LogP contribution < -0.4 is 5.32 Å². The molecule has 1 unspecified atom stereocenters. The van der Waals surface area contributed by atoms with Gasteiger partial charge in [-0.25, -0.2) is 4.39 Å². The topological polar surface area (TPSA) is 32.3 Å². The third-order valence-corrected chi connectivity index (χ3v) is 5.29. The number of halogens is 2. The number of amides is 1. The van der Waals surface area contributed by atoms with Crippen molar-refractivity contribution in [3.05, 3.63) is 35.6 Å². The summed E-state index contributed by atoms with van der Waals surface area (Å²) in [5.41, 5.74) is 0.392. The van der Waals surface area contributed by atoms with Crippen molar-refractivity contribution in [2.45, 2.75) is 37.5 Å². The van der Waals surface area contributed by atoms with Crippen LogP contribution >= 0.6 is 12.4 Å². The van der Waals surface area contributed by atoms with Crippen LogP contribution in [0.4, 0.5) is 4.39 Å². The minimum atomic E-state index is -0.469. The molecule has 0 aromatic heterocycles. The van der Waals surface area contributed by atoms with E-state index in [9.17, 15) is 9.18 Å². The SMILES string of the molecule is CNCC1CCCN(C(=O)C2(c3cccc(F)c3)CCC2)C1.Cl. The molecule has 1 aromatic carbocycles. The molecule has 1 saturated heterocycles. The molecule has 1 aromatic rings. The maximum absolute atomic E-state index is 13.6. The van der Waals surface area contributed by atoms with E-state index < -0.39 is 5.41 Å². The monoisotopic (exact) mass is 340 g/mol. The van der Waals surface area contributed by atoms with E-state index in [0.717, 1.165) is 50.9 Å². The number of carbonyl (C=O) groups is 1. The Bertz CT molecular complexity index is 546. The summed E-state index contributed by atoms with van der Waals surface area (Å²) in [6, 6.07) is 6.63. The highest BCUT2D eigenvalue weighted by Crippen LogP contribution is 2.45. The molecular weight excluding hydrogens is 315 g/mol. The zero-order valence-corrected chi connectivity index (χ0v) is 14.5. The van der Waals surface area contributed by atoms with Crippen LogP contribution in [0.3, 0.4) is 0 Å². The molecule has 1 aliphatic heterocycles. The van der Waals surface area contributed by atoms with Crippen molar-refractivity contribution in [3.63, 3.8) is 0 Å². The lowest BCUT2D eigenvalue weighted by Gasteiger charge is -2.46. The quantitative estimate of drug-likeness (QED) is 0.913. The molecule has 0 radical (unpaired) electrons. The van der Waals surface area contributed by atoms with Gasteiger partial charge in [0, 0.05) is 13.1 Å². The second kappa shape index (κ2) is 7.63. The lowest BCUT2D eigenvalue weighted by atomic mass is 9.63. The zero-order chi connectivity index (χ0) is 15.6. The average Bonchev–Trinajstić information content (AvgIpc) is 2.47. The normalized spacial score (nSPS) is 22.9. The predicted octanol–water partition coefficient (Wildman–Crippen LogP) is 3.13. The van der Waals surface area contributed by atoms with Gasteiger partial charge in [-0.1, -0.05) is 18.6 Å². The minimum Gasteiger partial charge on any atom is -0.342 e. The second-order valence-corrected chi connectivity index (χ2v) is 6.76. The van der Waals surface area contributed by atoms with Crippen LogP contribution in [0.1, 0.15) is 37.7 Å². The van der Waals surface area contributed by atoms with Crippen molar-refractivity contribution in [2.75, 3.05) is 26.7 Å². The first-order chi connectivity index (χ1) is 10.7. The largest absolute Gasteiger partial charge is 0.342 e. The summed E-state index contributed by atoms with van der Waals surface area (Å²) in [5.74, 6) is 0.501. The van der Waals surface area contributed by atoms with E-state index in [2.05, 4.69) is 5.32 Å². The Morgan fingerprint density at radius 3 is 2.78 bits per heavy atom. The first kappa shape index (κ1) is 18.2. The van der Waals surface area contributed by atoms with Gasteiger partial charge in [0.15, 0.2) is 0 Å². The van der Waals surface area contributed by atoms with Gasteiger partial charge >= 0.3 is 0 Å². The highest BCUT2D eigenvalue weighted by Gasteiger charge is 2.48. The predicted molar refractivity (Wildman–Crippen MR) is 92.4 cm³/mol. The van der Waals surface area contributed by atoms with Gasteiger partial charge in [-0.15, -0.1) is 12.4 Å². The first-order valence-electron chi connectivity index (χ1n) is 8.36. The molecule has 1 aliphatic carbocycles. The smallest absolute Gasteiger partial charge is 0.233 e.